The summed E-state index contributed by atoms with van der Waals surface area (Å²) in [5, 5.41) is 0. The van der Waals surface area contributed by atoms with E-state index in [1.54, 1.807) is 0 Å². The van der Waals surface area contributed by atoms with E-state index in [4.69, 9.17) is 0 Å². The van der Waals surface area contributed by atoms with Crippen molar-refractivity contribution in [3.63, 3.8) is 0 Å². The number of nitrogens with zero attached hydrogens (tertiary/aromatic N) is 1. The van der Waals surface area contributed by atoms with Crippen LogP contribution in [0.5, 0.6) is 0 Å². The molecule has 1 heteroatoms. The zero-order valence-electron chi connectivity index (χ0n) is 9.01. The van der Waals surface area contributed by atoms with Crippen molar-refractivity contribution in [2.75, 3.05) is 6.54 Å². The molecular weight excluding hydrogens is 194 g/mol. The molecule has 0 aromatic heterocycles. The van der Waals surface area contributed by atoms with Gasteiger partial charge in [-0.3, -0.25) is 0 Å². The highest BCUT2D eigenvalue weighted by Gasteiger charge is 2.13. The molecule has 0 N–H and O–H groups in total. The molecule has 16 heavy (non-hydrogen) atoms. The van der Waals surface area contributed by atoms with Gasteiger partial charge in [-0.25, -0.2) is 0 Å². The van der Waals surface area contributed by atoms with Gasteiger partial charge in [-0.15, -0.1) is 0 Å². The van der Waals surface area contributed by atoms with Crippen LogP contribution in [0.25, 0.3) is 5.57 Å². The van der Waals surface area contributed by atoms with E-state index in [1.807, 2.05) is 0 Å². The molecule has 2 aliphatic heterocycles. The normalized spacial score (nSPS) is 17.9. The number of benzene rings is 1. The Kier molecular flexibility index (Phi) is 2.22. The highest BCUT2D eigenvalue weighted by atomic mass is 15.1. The summed E-state index contributed by atoms with van der Waals surface area (Å²) in [6.07, 6.45) is 12.8. The third-order valence-corrected chi connectivity index (χ3v) is 2.92. The van der Waals surface area contributed by atoms with Crippen molar-refractivity contribution in [3.05, 3.63) is 78.2 Å². The maximum absolute atomic E-state index is 2.27. The van der Waals surface area contributed by atoms with Crippen molar-refractivity contribution in [3.8, 4) is 0 Å². The monoisotopic (exact) mass is 207 g/mol. The SMILES string of the molecule is C1=CC2=CC=C(c3ccccc3)CN2C=C1. The third-order valence-electron chi connectivity index (χ3n) is 2.92. The van der Waals surface area contributed by atoms with Crippen molar-refractivity contribution >= 4 is 5.57 Å². The predicted octanol–water partition coefficient (Wildman–Crippen LogP) is 3.35. The van der Waals surface area contributed by atoms with Gasteiger partial charge in [0.25, 0.3) is 0 Å². The van der Waals surface area contributed by atoms with Gasteiger partial charge in [-0.1, -0.05) is 42.5 Å². The second-order valence-electron chi connectivity index (χ2n) is 3.98. The Bertz CT molecular complexity index is 503. The number of allylic oxidation sites excluding steroid dienone is 5. The fourth-order valence-electron chi connectivity index (χ4n) is 2.05. The summed E-state index contributed by atoms with van der Waals surface area (Å²) in [7, 11) is 0. The van der Waals surface area contributed by atoms with Crippen LogP contribution in [0.3, 0.4) is 0 Å². The van der Waals surface area contributed by atoms with Crippen molar-refractivity contribution in [2.45, 2.75) is 0 Å². The number of hydrogen-bond acceptors (Lipinski definition) is 1. The van der Waals surface area contributed by atoms with Gasteiger partial charge in [-0.05, 0) is 29.4 Å². The molecule has 78 valence electrons. The van der Waals surface area contributed by atoms with E-state index in [2.05, 4.69) is 71.8 Å². The summed E-state index contributed by atoms with van der Waals surface area (Å²) >= 11 is 0. The molecule has 0 radical (unpaired) electrons. The van der Waals surface area contributed by atoms with Gasteiger partial charge in [0.1, 0.15) is 0 Å². The second kappa shape index (κ2) is 3.86. The Morgan fingerprint density at radius 2 is 1.81 bits per heavy atom. The average molecular weight is 207 g/mol. The van der Waals surface area contributed by atoms with Crippen molar-refractivity contribution < 1.29 is 0 Å². The first-order valence-electron chi connectivity index (χ1n) is 5.51. The van der Waals surface area contributed by atoms with Crippen LogP contribution in [0.2, 0.25) is 0 Å². The van der Waals surface area contributed by atoms with Crippen molar-refractivity contribution in [2.24, 2.45) is 0 Å². The Morgan fingerprint density at radius 1 is 0.938 bits per heavy atom. The summed E-state index contributed by atoms with van der Waals surface area (Å²) in [6, 6.07) is 10.5. The predicted molar refractivity (Wildman–Crippen MR) is 67.5 cm³/mol. The number of rotatable bonds is 1. The first kappa shape index (κ1) is 9.22. The lowest BCUT2D eigenvalue weighted by molar-refractivity contribution is 0.531. The lowest BCUT2D eigenvalue weighted by Gasteiger charge is -2.28. The molecule has 3 rings (SSSR count). The maximum Gasteiger partial charge on any atom is 0.0481 e. The molecule has 2 heterocycles. The highest BCUT2D eigenvalue weighted by molar-refractivity contribution is 5.70. The quantitative estimate of drug-likeness (QED) is 0.682. The smallest absolute Gasteiger partial charge is 0.0481 e. The van der Waals surface area contributed by atoms with E-state index in [0.29, 0.717) is 0 Å². The molecular formula is C15H13N. The number of hydrogen-bond donors (Lipinski definition) is 0. The fraction of sp³-hybridized carbons (Fsp3) is 0.0667. The standard InChI is InChI=1S/C15H13N/c1-2-6-13(7-3-1)14-9-10-15-8-4-5-11-16(15)12-14/h1-11H,12H2. The van der Waals surface area contributed by atoms with E-state index in [-0.39, 0.29) is 0 Å². The molecule has 0 amide bonds. The van der Waals surface area contributed by atoms with Gasteiger partial charge in [0, 0.05) is 18.4 Å². The molecule has 0 aliphatic carbocycles. The van der Waals surface area contributed by atoms with Gasteiger partial charge in [0.2, 0.25) is 0 Å². The first-order chi connectivity index (χ1) is 7.93. The first-order valence-corrected chi connectivity index (χ1v) is 5.51. The fourth-order valence-corrected chi connectivity index (χ4v) is 2.05. The van der Waals surface area contributed by atoms with E-state index in [1.165, 1.54) is 16.8 Å². The zero-order valence-corrected chi connectivity index (χ0v) is 9.01. The minimum absolute atomic E-state index is 0.955. The average Bonchev–Trinajstić information content (AvgIpc) is 2.39. The van der Waals surface area contributed by atoms with Crippen LogP contribution in [0.4, 0.5) is 0 Å². The molecule has 2 aliphatic rings. The molecule has 1 aromatic carbocycles. The van der Waals surface area contributed by atoms with Crippen LogP contribution >= 0.6 is 0 Å². The Hall–Kier alpha value is -2.02. The van der Waals surface area contributed by atoms with Crippen LogP contribution in [0.15, 0.2) is 72.6 Å². The summed E-state index contributed by atoms with van der Waals surface area (Å²) in [5.74, 6) is 0. The van der Waals surface area contributed by atoms with Gasteiger partial charge in [0.05, 0.1) is 0 Å². The minimum atomic E-state index is 0.955. The molecule has 0 saturated heterocycles. The number of fused-ring (bicyclic) bond motifs is 1. The molecule has 0 saturated carbocycles. The molecule has 0 bridgehead atoms. The largest absolute Gasteiger partial charge is 0.344 e. The van der Waals surface area contributed by atoms with Gasteiger partial charge in [-0.2, -0.15) is 0 Å². The highest BCUT2D eigenvalue weighted by Crippen LogP contribution is 2.25. The van der Waals surface area contributed by atoms with Crippen molar-refractivity contribution in [1.29, 1.82) is 0 Å². The molecule has 0 spiro atoms. The summed E-state index contributed by atoms with van der Waals surface area (Å²) in [4.78, 5) is 2.27. The van der Waals surface area contributed by atoms with Crippen LogP contribution < -0.4 is 0 Å². The van der Waals surface area contributed by atoms with E-state index < -0.39 is 0 Å². The zero-order chi connectivity index (χ0) is 10.8. The molecule has 1 nitrogen and oxygen atoms in total. The summed E-state index contributed by atoms with van der Waals surface area (Å²) in [6.45, 7) is 0.955. The Morgan fingerprint density at radius 3 is 2.69 bits per heavy atom. The van der Waals surface area contributed by atoms with E-state index in [0.717, 1.165) is 6.54 Å². The molecule has 0 unspecified atom stereocenters. The van der Waals surface area contributed by atoms with Crippen LogP contribution in [-0.4, -0.2) is 11.4 Å². The van der Waals surface area contributed by atoms with Gasteiger partial charge >= 0.3 is 0 Å². The van der Waals surface area contributed by atoms with E-state index >= 15 is 0 Å². The van der Waals surface area contributed by atoms with Gasteiger partial charge in [0.15, 0.2) is 0 Å². The molecule has 0 fully saturated rings. The Balaban J connectivity index is 1.95. The summed E-state index contributed by atoms with van der Waals surface area (Å²) in [5.41, 5.74) is 3.94. The lowest BCUT2D eigenvalue weighted by atomic mass is 10.0. The van der Waals surface area contributed by atoms with E-state index in [9.17, 15) is 0 Å². The van der Waals surface area contributed by atoms with Crippen LogP contribution in [-0.2, 0) is 0 Å². The minimum Gasteiger partial charge on any atom is -0.344 e. The topological polar surface area (TPSA) is 3.24 Å². The van der Waals surface area contributed by atoms with Crippen molar-refractivity contribution in [1.82, 2.24) is 4.90 Å². The van der Waals surface area contributed by atoms with Crippen LogP contribution in [0.1, 0.15) is 5.56 Å². The maximum atomic E-state index is 2.27. The van der Waals surface area contributed by atoms with Gasteiger partial charge < -0.3 is 4.90 Å². The molecule has 1 aromatic rings. The lowest BCUT2D eigenvalue weighted by Crippen LogP contribution is -2.21. The molecule has 0 atom stereocenters. The second-order valence-corrected chi connectivity index (χ2v) is 3.98. The third kappa shape index (κ3) is 1.61. The Labute approximate surface area is 95.7 Å². The summed E-state index contributed by atoms with van der Waals surface area (Å²) < 4.78 is 0. The van der Waals surface area contributed by atoms with Crippen LogP contribution in [0, 0.1) is 0 Å².